The van der Waals surface area contributed by atoms with E-state index in [4.69, 9.17) is 10.8 Å². The number of alkyl halides is 3. The predicted octanol–water partition coefficient (Wildman–Crippen LogP) is 2.63. The highest BCUT2D eigenvalue weighted by molar-refractivity contribution is 4.91. The second-order valence-electron chi connectivity index (χ2n) is 7.25. The standard InChI is InChI=1S/C15H29F3N2O/c1-14(2,3)12-5-4-11(9-19)13(8-12)20(6-7-21)10-15(16,17)18/h11-13,21H,4-10,19H2,1-3H3. The van der Waals surface area contributed by atoms with E-state index in [0.29, 0.717) is 12.5 Å². The third-order valence-corrected chi connectivity index (χ3v) is 4.72. The van der Waals surface area contributed by atoms with E-state index in [2.05, 4.69) is 20.8 Å². The number of aliphatic hydroxyl groups is 1. The van der Waals surface area contributed by atoms with E-state index < -0.39 is 12.7 Å². The van der Waals surface area contributed by atoms with Crippen molar-refractivity contribution < 1.29 is 18.3 Å². The molecular formula is C15H29F3N2O. The van der Waals surface area contributed by atoms with Crippen LogP contribution in [0.4, 0.5) is 13.2 Å². The van der Waals surface area contributed by atoms with Gasteiger partial charge in [0.15, 0.2) is 0 Å². The molecule has 3 unspecified atom stereocenters. The second-order valence-corrected chi connectivity index (χ2v) is 7.25. The third-order valence-electron chi connectivity index (χ3n) is 4.72. The molecule has 3 nitrogen and oxygen atoms in total. The molecule has 0 amide bonds. The fraction of sp³-hybridized carbons (Fsp3) is 1.00. The maximum absolute atomic E-state index is 12.8. The minimum absolute atomic E-state index is 0.0531. The molecule has 1 rings (SSSR count). The van der Waals surface area contributed by atoms with Crippen molar-refractivity contribution in [3.63, 3.8) is 0 Å². The summed E-state index contributed by atoms with van der Waals surface area (Å²) >= 11 is 0. The van der Waals surface area contributed by atoms with Crippen molar-refractivity contribution in [3.05, 3.63) is 0 Å². The monoisotopic (exact) mass is 310 g/mol. The summed E-state index contributed by atoms with van der Waals surface area (Å²) in [7, 11) is 0. The lowest BCUT2D eigenvalue weighted by molar-refractivity contribution is -0.157. The lowest BCUT2D eigenvalue weighted by Crippen LogP contribution is -2.52. The maximum Gasteiger partial charge on any atom is 0.401 e. The van der Waals surface area contributed by atoms with Crippen LogP contribution in [0, 0.1) is 17.3 Å². The molecule has 1 aliphatic rings. The van der Waals surface area contributed by atoms with Gasteiger partial charge in [0.1, 0.15) is 0 Å². The first-order chi connectivity index (χ1) is 9.58. The summed E-state index contributed by atoms with van der Waals surface area (Å²) in [5.41, 5.74) is 5.86. The van der Waals surface area contributed by atoms with Gasteiger partial charge in [0.2, 0.25) is 0 Å². The average molecular weight is 310 g/mol. The lowest BCUT2D eigenvalue weighted by Gasteiger charge is -2.46. The van der Waals surface area contributed by atoms with Gasteiger partial charge in [-0.25, -0.2) is 0 Å². The van der Waals surface area contributed by atoms with Gasteiger partial charge in [0.25, 0.3) is 0 Å². The summed E-state index contributed by atoms with van der Waals surface area (Å²) in [5, 5.41) is 9.11. The first-order valence-electron chi connectivity index (χ1n) is 7.70. The Hall–Kier alpha value is -0.330. The van der Waals surface area contributed by atoms with Gasteiger partial charge in [-0.3, -0.25) is 4.90 Å². The molecule has 126 valence electrons. The maximum atomic E-state index is 12.8. The number of nitrogens with two attached hydrogens (primary N) is 1. The van der Waals surface area contributed by atoms with E-state index in [1.54, 1.807) is 0 Å². The third kappa shape index (κ3) is 5.75. The number of rotatable bonds is 5. The van der Waals surface area contributed by atoms with Crippen molar-refractivity contribution in [2.45, 2.75) is 52.3 Å². The number of nitrogens with zero attached hydrogens (tertiary/aromatic N) is 1. The molecule has 0 spiro atoms. The molecule has 0 saturated heterocycles. The van der Waals surface area contributed by atoms with E-state index in [1.807, 2.05) is 0 Å². The van der Waals surface area contributed by atoms with Gasteiger partial charge >= 0.3 is 6.18 Å². The van der Waals surface area contributed by atoms with Crippen LogP contribution in [0.3, 0.4) is 0 Å². The normalized spacial score (nSPS) is 28.1. The average Bonchev–Trinajstić information content (AvgIpc) is 2.35. The Morgan fingerprint density at radius 2 is 1.81 bits per heavy atom. The Morgan fingerprint density at radius 3 is 2.24 bits per heavy atom. The summed E-state index contributed by atoms with van der Waals surface area (Å²) in [4.78, 5) is 1.38. The Balaban J connectivity index is 2.88. The zero-order valence-corrected chi connectivity index (χ0v) is 13.3. The van der Waals surface area contributed by atoms with Crippen LogP contribution in [-0.2, 0) is 0 Å². The Labute approximate surface area is 125 Å². The van der Waals surface area contributed by atoms with Crippen LogP contribution in [0.5, 0.6) is 0 Å². The summed E-state index contributed by atoms with van der Waals surface area (Å²) in [6.45, 7) is 5.64. The highest BCUT2D eigenvalue weighted by Gasteiger charge is 2.41. The molecule has 3 N–H and O–H groups in total. The van der Waals surface area contributed by atoms with Gasteiger partial charge in [-0.15, -0.1) is 0 Å². The van der Waals surface area contributed by atoms with Crippen LogP contribution >= 0.6 is 0 Å². The van der Waals surface area contributed by atoms with Crippen molar-refractivity contribution >= 4 is 0 Å². The summed E-state index contributed by atoms with van der Waals surface area (Å²) in [5.74, 6) is 0.470. The summed E-state index contributed by atoms with van der Waals surface area (Å²) < 4.78 is 38.4. The van der Waals surface area contributed by atoms with Gasteiger partial charge in [-0.05, 0) is 43.1 Å². The first-order valence-corrected chi connectivity index (χ1v) is 7.70. The molecule has 1 saturated carbocycles. The molecule has 3 atom stereocenters. The Morgan fingerprint density at radius 1 is 1.19 bits per heavy atom. The highest BCUT2D eigenvalue weighted by Crippen LogP contribution is 2.41. The van der Waals surface area contributed by atoms with Crippen LogP contribution in [0.1, 0.15) is 40.0 Å². The Kier molecular flexibility index (Phi) is 6.50. The van der Waals surface area contributed by atoms with Crippen LogP contribution in [0.25, 0.3) is 0 Å². The van der Waals surface area contributed by atoms with E-state index in [-0.39, 0.29) is 30.5 Å². The van der Waals surface area contributed by atoms with E-state index in [0.717, 1.165) is 19.3 Å². The fourth-order valence-electron chi connectivity index (χ4n) is 3.44. The molecule has 1 fully saturated rings. The minimum Gasteiger partial charge on any atom is -0.395 e. The first kappa shape index (κ1) is 18.7. The summed E-state index contributed by atoms with van der Waals surface area (Å²) in [6.07, 6.45) is -1.64. The lowest BCUT2D eigenvalue weighted by atomic mass is 9.67. The van der Waals surface area contributed by atoms with Crippen molar-refractivity contribution in [1.82, 2.24) is 4.90 Å². The molecule has 6 heteroatoms. The SMILES string of the molecule is CC(C)(C)C1CCC(CN)C(N(CCO)CC(F)(F)F)C1. The van der Waals surface area contributed by atoms with Crippen LogP contribution in [0.15, 0.2) is 0 Å². The number of halogens is 3. The van der Waals surface area contributed by atoms with Gasteiger partial charge in [-0.2, -0.15) is 13.2 Å². The topological polar surface area (TPSA) is 49.5 Å². The molecule has 0 aromatic heterocycles. The second kappa shape index (κ2) is 7.29. The predicted molar refractivity (Wildman–Crippen MR) is 77.8 cm³/mol. The fourth-order valence-corrected chi connectivity index (χ4v) is 3.44. The molecule has 0 aliphatic heterocycles. The number of aliphatic hydroxyl groups excluding tert-OH is 1. The molecule has 21 heavy (non-hydrogen) atoms. The smallest absolute Gasteiger partial charge is 0.395 e. The van der Waals surface area contributed by atoms with Crippen molar-refractivity contribution in [2.75, 3.05) is 26.2 Å². The highest BCUT2D eigenvalue weighted by atomic mass is 19.4. The van der Waals surface area contributed by atoms with E-state index in [1.165, 1.54) is 4.90 Å². The summed E-state index contributed by atoms with van der Waals surface area (Å²) in [6, 6.07) is -0.193. The molecule has 0 heterocycles. The largest absolute Gasteiger partial charge is 0.401 e. The molecule has 1 aliphatic carbocycles. The van der Waals surface area contributed by atoms with Gasteiger partial charge in [0.05, 0.1) is 13.2 Å². The van der Waals surface area contributed by atoms with Crippen LogP contribution < -0.4 is 5.73 Å². The van der Waals surface area contributed by atoms with Gasteiger partial charge in [0, 0.05) is 12.6 Å². The zero-order valence-electron chi connectivity index (χ0n) is 13.3. The number of hydrogen-bond acceptors (Lipinski definition) is 3. The number of hydrogen-bond donors (Lipinski definition) is 2. The van der Waals surface area contributed by atoms with Crippen LogP contribution in [0.2, 0.25) is 0 Å². The van der Waals surface area contributed by atoms with Crippen molar-refractivity contribution in [2.24, 2.45) is 23.0 Å². The molecule has 0 aromatic carbocycles. The molecule has 0 radical (unpaired) electrons. The quantitative estimate of drug-likeness (QED) is 0.821. The van der Waals surface area contributed by atoms with Gasteiger partial charge < -0.3 is 10.8 Å². The molecular weight excluding hydrogens is 281 g/mol. The molecule has 0 bridgehead atoms. The van der Waals surface area contributed by atoms with Crippen molar-refractivity contribution in [1.29, 1.82) is 0 Å². The van der Waals surface area contributed by atoms with E-state index in [9.17, 15) is 13.2 Å². The van der Waals surface area contributed by atoms with Gasteiger partial charge in [-0.1, -0.05) is 20.8 Å². The zero-order chi connectivity index (χ0) is 16.3. The molecule has 0 aromatic rings. The van der Waals surface area contributed by atoms with E-state index >= 15 is 0 Å². The Bertz CT molecular complexity index is 315. The van der Waals surface area contributed by atoms with Crippen molar-refractivity contribution in [3.8, 4) is 0 Å². The van der Waals surface area contributed by atoms with Crippen LogP contribution in [-0.4, -0.2) is 48.5 Å². The minimum atomic E-state index is -4.25.